The summed E-state index contributed by atoms with van der Waals surface area (Å²) in [6.07, 6.45) is 3.04. The maximum Gasteiger partial charge on any atom is 0.241 e. The van der Waals surface area contributed by atoms with Crippen LogP contribution in [0.4, 0.5) is 8.78 Å². The highest BCUT2D eigenvalue weighted by Crippen LogP contribution is 2.37. The number of pyridine rings is 1. The van der Waals surface area contributed by atoms with Crippen LogP contribution in [0.1, 0.15) is 11.3 Å². The van der Waals surface area contributed by atoms with E-state index < -0.39 is 33.2 Å². The number of nitrogens with two attached hydrogens (primary N) is 1. The Kier molecular flexibility index (Phi) is 4.57. The van der Waals surface area contributed by atoms with Crippen molar-refractivity contribution in [2.45, 2.75) is 18.4 Å². The van der Waals surface area contributed by atoms with Crippen LogP contribution in [0.25, 0.3) is 22.4 Å². The van der Waals surface area contributed by atoms with Crippen molar-refractivity contribution >= 4 is 10.0 Å². The third kappa shape index (κ3) is 3.21. The summed E-state index contributed by atoms with van der Waals surface area (Å²) in [5.74, 6) is -2.40. The monoisotopic (exact) mass is 381 g/mol. The van der Waals surface area contributed by atoms with E-state index in [4.69, 9.17) is 9.66 Å². The van der Waals surface area contributed by atoms with Crippen molar-refractivity contribution in [3.63, 3.8) is 0 Å². The molecule has 0 radical (unpaired) electrons. The SMILES string of the molecule is Cc1cncc(-c2noc(CO)c2-c2cc(F)c(S(N)(=O)=O)cc2F)c1. The predicted octanol–water partition coefficient (Wildman–Crippen LogP) is 2.13. The van der Waals surface area contributed by atoms with Crippen molar-refractivity contribution in [2.24, 2.45) is 5.14 Å². The number of nitrogens with zero attached hydrogens (tertiary/aromatic N) is 2. The molecule has 0 aliphatic heterocycles. The molecule has 0 saturated carbocycles. The van der Waals surface area contributed by atoms with Gasteiger partial charge >= 0.3 is 0 Å². The Bertz CT molecular complexity index is 1100. The maximum atomic E-state index is 14.6. The standard InChI is InChI=1S/C16H13F2N3O4S/c1-8-2-9(6-20-5-8)16-15(13(7-22)25-21-16)10-3-12(18)14(4-11(10)17)26(19,23)24/h2-6,22H,7H2,1H3,(H2,19,23,24). The molecule has 2 aromatic heterocycles. The zero-order valence-electron chi connectivity index (χ0n) is 13.4. The highest BCUT2D eigenvalue weighted by Gasteiger charge is 2.25. The quantitative estimate of drug-likeness (QED) is 0.714. The minimum Gasteiger partial charge on any atom is -0.388 e. The van der Waals surface area contributed by atoms with E-state index in [1.807, 2.05) is 0 Å². The van der Waals surface area contributed by atoms with Gasteiger partial charge in [-0.3, -0.25) is 4.98 Å². The summed E-state index contributed by atoms with van der Waals surface area (Å²) in [6.45, 7) is 1.16. The van der Waals surface area contributed by atoms with E-state index >= 15 is 0 Å². The summed E-state index contributed by atoms with van der Waals surface area (Å²) < 4.78 is 56.5. The molecule has 0 unspecified atom stereocenters. The number of benzene rings is 1. The third-order valence-electron chi connectivity index (χ3n) is 3.65. The molecule has 3 aromatic rings. The fourth-order valence-corrected chi connectivity index (χ4v) is 3.13. The summed E-state index contributed by atoms with van der Waals surface area (Å²) in [7, 11) is -4.44. The Hall–Kier alpha value is -2.69. The molecule has 136 valence electrons. The van der Waals surface area contributed by atoms with E-state index in [2.05, 4.69) is 10.1 Å². The molecule has 10 heteroatoms. The van der Waals surface area contributed by atoms with Crippen molar-refractivity contribution in [1.29, 1.82) is 0 Å². The molecule has 0 saturated heterocycles. The number of aliphatic hydroxyl groups excluding tert-OH is 1. The number of halogens is 2. The van der Waals surface area contributed by atoms with Crippen LogP contribution in [-0.4, -0.2) is 23.7 Å². The Morgan fingerprint density at radius 2 is 1.92 bits per heavy atom. The van der Waals surface area contributed by atoms with Crippen molar-refractivity contribution < 1.29 is 26.8 Å². The van der Waals surface area contributed by atoms with Gasteiger partial charge in [0.2, 0.25) is 10.0 Å². The lowest BCUT2D eigenvalue weighted by Gasteiger charge is -2.08. The van der Waals surface area contributed by atoms with Gasteiger partial charge in [0.1, 0.15) is 28.8 Å². The lowest BCUT2D eigenvalue weighted by Crippen LogP contribution is -2.14. The smallest absolute Gasteiger partial charge is 0.241 e. The molecule has 7 nitrogen and oxygen atoms in total. The molecule has 2 heterocycles. The molecule has 1 aromatic carbocycles. The fourth-order valence-electron chi connectivity index (χ4n) is 2.53. The first-order valence-electron chi connectivity index (χ1n) is 7.26. The van der Waals surface area contributed by atoms with Crippen LogP contribution in [0.5, 0.6) is 0 Å². The minimum atomic E-state index is -4.44. The summed E-state index contributed by atoms with van der Waals surface area (Å²) in [5.41, 5.74) is 1.05. The molecule has 0 atom stereocenters. The molecule has 0 bridgehead atoms. The van der Waals surface area contributed by atoms with E-state index in [9.17, 15) is 22.3 Å². The normalized spacial score (nSPS) is 11.7. The molecule has 0 spiro atoms. The first kappa shape index (κ1) is 18.1. The van der Waals surface area contributed by atoms with Crippen LogP contribution < -0.4 is 5.14 Å². The Morgan fingerprint density at radius 1 is 1.19 bits per heavy atom. The van der Waals surface area contributed by atoms with Crippen LogP contribution in [0.2, 0.25) is 0 Å². The zero-order chi connectivity index (χ0) is 19.1. The maximum absolute atomic E-state index is 14.6. The van der Waals surface area contributed by atoms with E-state index in [0.717, 1.165) is 5.56 Å². The molecule has 0 aliphatic carbocycles. The number of aryl methyl sites for hydroxylation is 1. The molecule has 26 heavy (non-hydrogen) atoms. The number of primary sulfonamides is 1. The molecular weight excluding hydrogens is 368 g/mol. The summed E-state index contributed by atoms with van der Waals surface area (Å²) in [6, 6.07) is 2.85. The second-order valence-electron chi connectivity index (χ2n) is 5.55. The highest BCUT2D eigenvalue weighted by atomic mass is 32.2. The summed E-state index contributed by atoms with van der Waals surface area (Å²) >= 11 is 0. The predicted molar refractivity (Wildman–Crippen MR) is 87.1 cm³/mol. The van der Waals surface area contributed by atoms with E-state index in [1.165, 1.54) is 6.20 Å². The van der Waals surface area contributed by atoms with Gasteiger partial charge in [0.25, 0.3) is 0 Å². The second-order valence-corrected chi connectivity index (χ2v) is 7.08. The van der Waals surface area contributed by atoms with Gasteiger partial charge in [0.05, 0.1) is 5.56 Å². The van der Waals surface area contributed by atoms with Crippen LogP contribution in [0, 0.1) is 18.6 Å². The Balaban J connectivity index is 2.28. The largest absolute Gasteiger partial charge is 0.388 e. The molecule has 3 N–H and O–H groups in total. The topological polar surface area (TPSA) is 119 Å². The molecular formula is C16H13F2N3O4S. The van der Waals surface area contributed by atoms with Crippen LogP contribution in [-0.2, 0) is 16.6 Å². The number of aliphatic hydroxyl groups is 1. The highest BCUT2D eigenvalue weighted by molar-refractivity contribution is 7.89. The number of aromatic nitrogens is 2. The lowest BCUT2D eigenvalue weighted by molar-refractivity contribution is 0.230. The second kappa shape index (κ2) is 6.56. The third-order valence-corrected chi connectivity index (χ3v) is 4.58. The fraction of sp³-hybridized carbons (Fsp3) is 0.125. The number of sulfonamides is 1. The molecule has 0 aliphatic rings. The van der Waals surface area contributed by atoms with Gasteiger partial charge in [-0.25, -0.2) is 22.3 Å². The average molecular weight is 381 g/mol. The zero-order valence-corrected chi connectivity index (χ0v) is 14.2. The van der Waals surface area contributed by atoms with Crippen molar-refractivity contribution in [3.05, 3.63) is 53.6 Å². The lowest BCUT2D eigenvalue weighted by atomic mass is 9.99. The van der Waals surface area contributed by atoms with Crippen LogP contribution in [0.3, 0.4) is 0 Å². The van der Waals surface area contributed by atoms with Crippen LogP contribution >= 0.6 is 0 Å². The number of rotatable bonds is 4. The first-order chi connectivity index (χ1) is 12.2. The van der Waals surface area contributed by atoms with Gasteiger partial charge in [-0.15, -0.1) is 0 Å². The van der Waals surface area contributed by atoms with Gasteiger partial charge in [0, 0.05) is 23.5 Å². The van der Waals surface area contributed by atoms with Gasteiger partial charge in [-0.05, 0) is 30.7 Å². The van der Waals surface area contributed by atoms with Crippen molar-refractivity contribution in [1.82, 2.24) is 10.1 Å². The van der Waals surface area contributed by atoms with E-state index in [-0.39, 0.29) is 22.6 Å². The Labute approximate surface area is 147 Å². The van der Waals surface area contributed by atoms with Gasteiger partial charge < -0.3 is 9.63 Å². The van der Waals surface area contributed by atoms with Crippen LogP contribution in [0.15, 0.2) is 40.0 Å². The summed E-state index contributed by atoms with van der Waals surface area (Å²) in [4.78, 5) is 3.04. The van der Waals surface area contributed by atoms with E-state index in [0.29, 0.717) is 17.7 Å². The van der Waals surface area contributed by atoms with Crippen molar-refractivity contribution in [3.8, 4) is 22.4 Å². The summed E-state index contributed by atoms with van der Waals surface area (Å²) in [5, 5.41) is 18.1. The van der Waals surface area contributed by atoms with Gasteiger partial charge in [-0.1, -0.05) is 5.16 Å². The van der Waals surface area contributed by atoms with Gasteiger partial charge in [-0.2, -0.15) is 0 Å². The van der Waals surface area contributed by atoms with Crippen molar-refractivity contribution in [2.75, 3.05) is 0 Å². The average Bonchev–Trinajstić information content (AvgIpc) is 2.99. The van der Waals surface area contributed by atoms with E-state index in [1.54, 1.807) is 19.2 Å². The minimum absolute atomic E-state index is 0.00253. The Morgan fingerprint density at radius 3 is 2.54 bits per heavy atom. The molecule has 0 amide bonds. The molecule has 3 rings (SSSR count). The number of hydrogen-bond acceptors (Lipinski definition) is 6. The first-order valence-corrected chi connectivity index (χ1v) is 8.80. The van der Waals surface area contributed by atoms with Gasteiger partial charge in [0.15, 0.2) is 5.76 Å². The number of hydrogen-bond donors (Lipinski definition) is 2. The molecule has 0 fully saturated rings.